The summed E-state index contributed by atoms with van der Waals surface area (Å²) in [4.78, 5) is 2.45. The van der Waals surface area contributed by atoms with E-state index < -0.39 is 0 Å². The Morgan fingerprint density at radius 3 is 2.57 bits per heavy atom. The second-order valence-electron chi connectivity index (χ2n) is 6.18. The zero-order chi connectivity index (χ0) is 14.5. The SMILES string of the molecule is S=C(Nc1cccc(N2CCCC2)c1)NC1CCCCC1. The van der Waals surface area contributed by atoms with Crippen molar-refractivity contribution in [2.24, 2.45) is 0 Å². The van der Waals surface area contributed by atoms with Gasteiger partial charge in [-0.15, -0.1) is 0 Å². The average Bonchev–Trinajstić information content (AvgIpc) is 3.02. The van der Waals surface area contributed by atoms with E-state index >= 15 is 0 Å². The maximum absolute atomic E-state index is 5.46. The lowest BCUT2D eigenvalue weighted by atomic mass is 9.96. The summed E-state index contributed by atoms with van der Waals surface area (Å²) < 4.78 is 0. The van der Waals surface area contributed by atoms with Crippen LogP contribution in [0, 0.1) is 0 Å². The van der Waals surface area contributed by atoms with Gasteiger partial charge in [-0.3, -0.25) is 0 Å². The minimum atomic E-state index is 0.556. The van der Waals surface area contributed by atoms with Gasteiger partial charge in [0.1, 0.15) is 0 Å². The predicted molar refractivity (Wildman–Crippen MR) is 94.1 cm³/mol. The Balaban J connectivity index is 1.56. The molecule has 0 radical (unpaired) electrons. The van der Waals surface area contributed by atoms with Crippen LogP contribution in [0.15, 0.2) is 24.3 Å². The Morgan fingerprint density at radius 1 is 1.05 bits per heavy atom. The molecular formula is C17H25N3S. The molecule has 1 aromatic carbocycles. The topological polar surface area (TPSA) is 27.3 Å². The first-order valence-electron chi connectivity index (χ1n) is 8.24. The first kappa shape index (κ1) is 14.6. The molecule has 21 heavy (non-hydrogen) atoms. The molecule has 1 aromatic rings. The Hall–Kier alpha value is -1.29. The summed E-state index contributed by atoms with van der Waals surface area (Å²) in [5, 5.41) is 7.57. The van der Waals surface area contributed by atoms with Crippen LogP contribution in [0.1, 0.15) is 44.9 Å². The van der Waals surface area contributed by atoms with E-state index in [1.54, 1.807) is 0 Å². The second-order valence-corrected chi connectivity index (χ2v) is 6.59. The summed E-state index contributed by atoms with van der Waals surface area (Å²) in [6.45, 7) is 2.35. The molecule has 0 amide bonds. The van der Waals surface area contributed by atoms with Crippen molar-refractivity contribution in [1.29, 1.82) is 0 Å². The maximum atomic E-state index is 5.46. The van der Waals surface area contributed by atoms with Gasteiger partial charge in [0.15, 0.2) is 5.11 Å². The first-order chi connectivity index (χ1) is 10.3. The van der Waals surface area contributed by atoms with Gasteiger partial charge in [-0.2, -0.15) is 0 Å². The Labute approximate surface area is 133 Å². The largest absolute Gasteiger partial charge is 0.371 e. The van der Waals surface area contributed by atoms with Crippen molar-refractivity contribution < 1.29 is 0 Å². The second kappa shape index (κ2) is 7.12. The highest BCUT2D eigenvalue weighted by molar-refractivity contribution is 7.80. The van der Waals surface area contributed by atoms with E-state index in [4.69, 9.17) is 12.2 Å². The van der Waals surface area contributed by atoms with Gasteiger partial charge in [-0.1, -0.05) is 25.3 Å². The van der Waals surface area contributed by atoms with Crippen molar-refractivity contribution in [3.05, 3.63) is 24.3 Å². The average molecular weight is 303 g/mol. The van der Waals surface area contributed by atoms with Gasteiger partial charge in [0, 0.05) is 30.5 Å². The molecule has 2 fully saturated rings. The summed E-state index contributed by atoms with van der Waals surface area (Å²) in [5.41, 5.74) is 2.39. The fourth-order valence-corrected chi connectivity index (χ4v) is 3.64. The maximum Gasteiger partial charge on any atom is 0.170 e. The number of hydrogen-bond donors (Lipinski definition) is 2. The van der Waals surface area contributed by atoms with Crippen molar-refractivity contribution in [1.82, 2.24) is 5.32 Å². The van der Waals surface area contributed by atoms with Crippen molar-refractivity contribution in [3.8, 4) is 0 Å². The van der Waals surface area contributed by atoms with E-state index in [0.717, 1.165) is 10.8 Å². The molecular weight excluding hydrogens is 278 g/mol. The normalized spacial score (nSPS) is 19.5. The predicted octanol–water partition coefficient (Wildman–Crippen LogP) is 3.91. The molecule has 4 heteroatoms. The van der Waals surface area contributed by atoms with Crippen LogP contribution < -0.4 is 15.5 Å². The third kappa shape index (κ3) is 4.10. The van der Waals surface area contributed by atoms with Crippen LogP contribution in [0.2, 0.25) is 0 Å². The van der Waals surface area contributed by atoms with Crippen molar-refractivity contribution >= 4 is 28.7 Å². The fraction of sp³-hybridized carbons (Fsp3) is 0.588. The zero-order valence-electron chi connectivity index (χ0n) is 12.6. The molecule has 1 aliphatic heterocycles. The van der Waals surface area contributed by atoms with E-state index in [9.17, 15) is 0 Å². The van der Waals surface area contributed by atoms with Gasteiger partial charge >= 0.3 is 0 Å². The van der Waals surface area contributed by atoms with Crippen LogP contribution in [0.4, 0.5) is 11.4 Å². The third-order valence-electron chi connectivity index (χ3n) is 4.52. The molecule has 0 atom stereocenters. The first-order valence-corrected chi connectivity index (χ1v) is 8.64. The van der Waals surface area contributed by atoms with E-state index in [1.807, 2.05) is 0 Å². The number of benzene rings is 1. The van der Waals surface area contributed by atoms with E-state index in [-0.39, 0.29) is 0 Å². The highest BCUT2D eigenvalue weighted by atomic mass is 32.1. The van der Waals surface area contributed by atoms with E-state index in [0.29, 0.717) is 6.04 Å². The van der Waals surface area contributed by atoms with Gasteiger partial charge in [-0.25, -0.2) is 0 Å². The van der Waals surface area contributed by atoms with Gasteiger partial charge < -0.3 is 15.5 Å². The summed E-state index contributed by atoms with van der Waals surface area (Å²) in [6.07, 6.45) is 9.12. The number of rotatable bonds is 3. The molecule has 1 heterocycles. The molecule has 114 valence electrons. The van der Waals surface area contributed by atoms with E-state index in [1.165, 1.54) is 63.7 Å². The number of nitrogens with zero attached hydrogens (tertiary/aromatic N) is 1. The number of anilines is 2. The molecule has 3 nitrogen and oxygen atoms in total. The fourth-order valence-electron chi connectivity index (χ4n) is 3.36. The molecule has 1 aliphatic carbocycles. The van der Waals surface area contributed by atoms with E-state index in [2.05, 4.69) is 39.8 Å². The molecule has 0 unspecified atom stereocenters. The van der Waals surface area contributed by atoms with Crippen LogP contribution in [0.5, 0.6) is 0 Å². The lowest BCUT2D eigenvalue weighted by molar-refractivity contribution is 0.415. The van der Waals surface area contributed by atoms with Crippen molar-refractivity contribution in [2.75, 3.05) is 23.3 Å². The minimum Gasteiger partial charge on any atom is -0.371 e. The van der Waals surface area contributed by atoms with Crippen LogP contribution in [-0.2, 0) is 0 Å². The lowest BCUT2D eigenvalue weighted by Gasteiger charge is -2.24. The van der Waals surface area contributed by atoms with Gasteiger partial charge in [-0.05, 0) is 56.1 Å². The Kier molecular flexibility index (Phi) is 4.96. The minimum absolute atomic E-state index is 0.556. The van der Waals surface area contributed by atoms with Gasteiger partial charge in [0.25, 0.3) is 0 Å². The number of thiocarbonyl (C=S) groups is 1. The molecule has 0 spiro atoms. The highest BCUT2D eigenvalue weighted by Crippen LogP contribution is 2.23. The lowest BCUT2D eigenvalue weighted by Crippen LogP contribution is -2.38. The van der Waals surface area contributed by atoms with Crippen LogP contribution in [0.25, 0.3) is 0 Å². The summed E-state index contributed by atoms with van der Waals surface area (Å²) in [7, 11) is 0. The standard InChI is InChI=1S/C17H25N3S/c21-17(18-14-7-2-1-3-8-14)19-15-9-6-10-16(13-15)20-11-4-5-12-20/h6,9-10,13-14H,1-5,7-8,11-12H2,(H2,18,19,21). The van der Waals surface area contributed by atoms with Crippen LogP contribution in [-0.4, -0.2) is 24.2 Å². The molecule has 1 saturated carbocycles. The molecule has 0 aromatic heterocycles. The van der Waals surface area contributed by atoms with Crippen LogP contribution >= 0.6 is 12.2 Å². The highest BCUT2D eigenvalue weighted by Gasteiger charge is 2.15. The van der Waals surface area contributed by atoms with Gasteiger partial charge in [0.05, 0.1) is 0 Å². The quantitative estimate of drug-likeness (QED) is 0.828. The smallest absolute Gasteiger partial charge is 0.170 e. The van der Waals surface area contributed by atoms with Crippen LogP contribution in [0.3, 0.4) is 0 Å². The Bertz CT molecular complexity index is 477. The summed E-state index contributed by atoms with van der Waals surface area (Å²) >= 11 is 5.46. The summed E-state index contributed by atoms with van der Waals surface area (Å²) in [5.74, 6) is 0. The molecule has 3 rings (SSSR count). The monoisotopic (exact) mass is 303 g/mol. The summed E-state index contributed by atoms with van der Waals surface area (Å²) in [6, 6.07) is 9.16. The van der Waals surface area contributed by atoms with Crippen molar-refractivity contribution in [3.63, 3.8) is 0 Å². The molecule has 0 bridgehead atoms. The number of hydrogen-bond acceptors (Lipinski definition) is 2. The van der Waals surface area contributed by atoms with Crippen molar-refractivity contribution in [2.45, 2.75) is 51.0 Å². The number of nitrogens with one attached hydrogen (secondary N) is 2. The molecule has 2 aliphatic rings. The molecule has 1 saturated heterocycles. The Morgan fingerprint density at radius 2 is 1.81 bits per heavy atom. The molecule has 2 N–H and O–H groups in total. The van der Waals surface area contributed by atoms with Gasteiger partial charge in [0.2, 0.25) is 0 Å². The zero-order valence-corrected chi connectivity index (χ0v) is 13.4. The third-order valence-corrected chi connectivity index (χ3v) is 4.74.